The molecule has 0 aliphatic heterocycles. The maximum Gasteiger partial charge on any atom is 0.241 e. The number of methoxy groups -OCH3 is 1. The first kappa shape index (κ1) is 20.9. The Morgan fingerprint density at radius 3 is 2.22 bits per heavy atom. The molecule has 146 valence electrons. The molecule has 2 rings (SSSR count). The molecule has 0 spiro atoms. The van der Waals surface area contributed by atoms with Crippen LogP contribution in [-0.2, 0) is 21.4 Å². The van der Waals surface area contributed by atoms with Crippen molar-refractivity contribution in [2.75, 3.05) is 7.11 Å². The second-order valence-electron chi connectivity index (χ2n) is 6.68. The number of rotatable bonds is 9. The van der Waals surface area contributed by atoms with Gasteiger partial charge in [0.05, 0.1) is 12.0 Å². The van der Waals surface area contributed by atoms with Gasteiger partial charge in [0.25, 0.3) is 0 Å². The van der Waals surface area contributed by atoms with Crippen LogP contribution >= 0.6 is 0 Å². The van der Waals surface area contributed by atoms with E-state index < -0.39 is 16.1 Å². The van der Waals surface area contributed by atoms with Crippen LogP contribution < -0.4 is 14.8 Å². The Labute approximate surface area is 161 Å². The van der Waals surface area contributed by atoms with Crippen LogP contribution in [0.1, 0.15) is 25.8 Å². The molecule has 1 amide bonds. The van der Waals surface area contributed by atoms with Crippen molar-refractivity contribution in [2.24, 2.45) is 5.92 Å². The second kappa shape index (κ2) is 9.53. The summed E-state index contributed by atoms with van der Waals surface area (Å²) in [7, 11) is -2.31. The Bertz CT molecular complexity index is 834. The van der Waals surface area contributed by atoms with Gasteiger partial charge in [-0.25, -0.2) is 8.42 Å². The number of ether oxygens (including phenoxy) is 1. The van der Waals surface area contributed by atoms with E-state index in [0.29, 0.717) is 18.7 Å². The smallest absolute Gasteiger partial charge is 0.241 e. The topological polar surface area (TPSA) is 84.5 Å². The number of nitrogens with one attached hydrogen (secondary N) is 2. The Hall–Kier alpha value is -2.38. The molecule has 0 aliphatic rings. The van der Waals surface area contributed by atoms with Gasteiger partial charge in [-0.1, -0.05) is 44.2 Å². The van der Waals surface area contributed by atoms with E-state index in [-0.39, 0.29) is 16.7 Å². The van der Waals surface area contributed by atoms with Crippen molar-refractivity contribution in [3.05, 3.63) is 60.2 Å². The number of hydrogen-bond acceptors (Lipinski definition) is 4. The van der Waals surface area contributed by atoms with Crippen molar-refractivity contribution < 1.29 is 17.9 Å². The number of carbonyl (C=O) groups is 1. The summed E-state index contributed by atoms with van der Waals surface area (Å²) in [6.45, 7) is 4.23. The quantitative estimate of drug-likeness (QED) is 0.689. The van der Waals surface area contributed by atoms with Crippen LogP contribution in [0.5, 0.6) is 5.75 Å². The number of hydrogen-bond donors (Lipinski definition) is 2. The maximum absolute atomic E-state index is 12.7. The summed E-state index contributed by atoms with van der Waals surface area (Å²) in [6.07, 6.45) is 0.399. The molecule has 2 aromatic carbocycles. The fourth-order valence-corrected chi connectivity index (χ4v) is 3.81. The highest BCUT2D eigenvalue weighted by Crippen LogP contribution is 2.17. The molecule has 1 atom stereocenters. The van der Waals surface area contributed by atoms with E-state index in [4.69, 9.17) is 4.74 Å². The average Bonchev–Trinajstić information content (AvgIpc) is 2.66. The third-order valence-corrected chi connectivity index (χ3v) is 5.49. The van der Waals surface area contributed by atoms with Gasteiger partial charge in [0.15, 0.2) is 0 Å². The molecule has 2 N–H and O–H groups in total. The van der Waals surface area contributed by atoms with Crippen LogP contribution in [0.15, 0.2) is 59.5 Å². The van der Waals surface area contributed by atoms with Gasteiger partial charge in [-0.15, -0.1) is 0 Å². The van der Waals surface area contributed by atoms with E-state index in [1.165, 1.54) is 19.2 Å². The zero-order chi connectivity index (χ0) is 19.9. The van der Waals surface area contributed by atoms with Crippen molar-refractivity contribution in [1.82, 2.24) is 10.0 Å². The molecule has 0 saturated carbocycles. The lowest BCUT2D eigenvalue weighted by Crippen LogP contribution is -2.47. The fraction of sp³-hybridized carbons (Fsp3) is 0.350. The average molecular weight is 391 g/mol. The Balaban J connectivity index is 2.10. The van der Waals surface area contributed by atoms with Crippen LogP contribution in [0.4, 0.5) is 0 Å². The molecule has 2 aromatic rings. The van der Waals surface area contributed by atoms with Crippen LogP contribution in [0.25, 0.3) is 0 Å². The van der Waals surface area contributed by atoms with Crippen molar-refractivity contribution in [2.45, 2.75) is 37.8 Å². The summed E-state index contributed by atoms with van der Waals surface area (Å²) in [5.41, 5.74) is 0.951. The van der Waals surface area contributed by atoms with Gasteiger partial charge < -0.3 is 10.1 Å². The van der Waals surface area contributed by atoms with E-state index in [9.17, 15) is 13.2 Å². The highest BCUT2D eigenvalue weighted by molar-refractivity contribution is 7.89. The van der Waals surface area contributed by atoms with E-state index >= 15 is 0 Å². The van der Waals surface area contributed by atoms with Crippen molar-refractivity contribution in [3.63, 3.8) is 0 Å². The maximum atomic E-state index is 12.7. The number of carbonyl (C=O) groups excluding carboxylic acids is 1. The van der Waals surface area contributed by atoms with Gasteiger partial charge in [0.1, 0.15) is 11.8 Å². The largest absolute Gasteiger partial charge is 0.497 e. The van der Waals surface area contributed by atoms with Crippen molar-refractivity contribution >= 4 is 15.9 Å². The highest BCUT2D eigenvalue weighted by atomic mass is 32.2. The molecule has 0 radical (unpaired) electrons. The summed E-state index contributed by atoms with van der Waals surface area (Å²) in [5, 5.41) is 2.81. The Morgan fingerprint density at radius 2 is 1.67 bits per heavy atom. The molecule has 0 saturated heterocycles. The monoisotopic (exact) mass is 390 g/mol. The van der Waals surface area contributed by atoms with E-state index in [2.05, 4.69) is 10.0 Å². The highest BCUT2D eigenvalue weighted by Gasteiger charge is 2.26. The molecule has 0 aromatic heterocycles. The van der Waals surface area contributed by atoms with Gasteiger partial charge in [0, 0.05) is 6.54 Å². The first-order valence-electron chi connectivity index (χ1n) is 8.80. The van der Waals surface area contributed by atoms with Crippen LogP contribution in [0, 0.1) is 5.92 Å². The summed E-state index contributed by atoms with van der Waals surface area (Å²) in [6, 6.07) is 14.7. The third kappa shape index (κ3) is 6.37. The van der Waals surface area contributed by atoms with E-state index in [0.717, 1.165) is 5.56 Å². The van der Waals surface area contributed by atoms with E-state index in [1.807, 2.05) is 44.2 Å². The number of amides is 1. The first-order valence-corrected chi connectivity index (χ1v) is 10.3. The first-order chi connectivity index (χ1) is 12.8. The molecule has 0 fully saturated rings. The number of sulfonamides is 1. The molecule has 7 heteroatoms. The standard InChI is InChI=1S/C20H26N2O4S/c1-15(2)13-19(20(23)21-14-16-7-5-4-6-8-16)22-27(24,25)18-11-9-17(26-3)10-12-18/h4-12,15,19,22H,13-14H2,1-3H3,(H,21,23)/t19-/m0/s1. The Morgan fingerprint density at radius 1 is 1.04 bits per heavy atom. The van der Waals surface area contributed by atoms with Crippen LogP contribution in [0.3, 0.4) is 0 Å². The molecule has 6 nitrogen and oxygen atoms in total. The van der Waals surface area contributed by atoms with Gasteiger partial charge in [0.2, 0.25) is 15.9 Å². The minimum absolute atomic E-state index is 0.0907. The molecule has 27 heavy (non-hydrogen) atoms. The third-order valence-electron chi connectivity index (χ3n) is 4.00. The van der Waals surface area contributed by atoms with Crippen LogP contribution in [0.2, 0.25) is 0 Å². The fourth-order valence-electron chi connectivity index (χ4n) is 2.60. The summed E-state index contributed by atoms with van der Waals surface area (Å²) in [4.78, 5) is 12.7. The summed E-state index contributed by atoms with van der Waals surface area (Å²) < 4.78 is 32.9. The van der Waals surface area contributed by atoms with Gasteiger partial charge >= 0.3 is 0 Å². The van der Waals surface area contributed by atoms with Crippen LogP contribution in [-0.4, -0.2) is 27.5 Å². The molecular weight excluding hydrogens is 364 g/mol. The molecular formula is C20H26N2O4S. The predicted molar refractivity (Wildman–Crippen MR) is 105 cm³/mol. The normalized spacial score (nSPS) is 12.6. The SMILES string of the molecule is COc1ccc(S(=O)(=O)N[C@@H](CC(C)C)C(=O)NCc2ccccc2)cc1. The lowest BCUT2D eigenvalue weighted by Gasteiger charge is -2.20. The van der Waals surface area contributed by atoms with Gasteiger partial charge in [-0.05, 0) is 42.2 Å². The minimum Gasteiger partial charge on any atom is -0.497 e. The summed E-state index contributed by atoms with van der Waals surface area (Å²) >= 11 is 0. The summed E-state index contributed by atoms with van der Waals surface area (Å²) in [5.74, 6) is 0.369. The molecule has 0 bridgehead atoms. The lowest BCUT2D eigenvalue weighted by molar-refractivity contribution is -0.123. The van der Waals surface area contributed by atoms with Crippen molar-refractivity contribution in [3.8, 4) is 5.75 Å². The minimum atomic E-state index is -3.82. The molecule has 0 heterocycles. The second-order valence-corrected chi connectivity index (χ2v) is 8.40. The lowest BCUT2D eigenvalue weighted by atomic mass is 10.0. The Kier molecular flexibility index (Phi) is 7.38. The zero-order valence-electron chi connectivity index (χ0n) is 15.8. The van der Waals surface area contributed by atoms with Crippen molar-refractivity contribution in [1.29, 1.82) is 0 Å². The van der Waals surface area contributed by atoms with Gasteiger partial charge in [-0.3, -0.25) is 4.79 Å². The zero-order valence-corrected chi connectivity index (χ0v) is 16.6. The molecule has 0 aliphatic carbocycles. The number of benzene rings is 2. The van der Waals surface area contributed by atoms with E-state index in [1.54, 1.807) is 12.1 Å². The molecule has 0 unspecified atom stereocenters. The predicted octanol–water partition coefficient (Wildman–Crippen LogP) is 2.70. The van der Waals surface area contributed by atoms with Gasteiger partial charge in [-0.2, -0.15) is 4.72 Å².